The molecule has 1 N–H and O–H groups in total. The van der Waals surface area contributed by atoms with Crippen LogP contribution in [0.4, 0.5) is 4.79 Å². The Morgan fingerprint density at radius 3 is 2.36 bits per heavy atom. The van der Waals surface area contributed by atoms with Crippen molar-refractivity contribution in [2.75, 3.05) is 0 Å². The van der Waals surface area contributed by atoms with E-state index in [1.165, 1.54) is 0 Å². The number of amides is 1. The quantitative estimate of drug-likeness (QED) is 0.760. The van der Waals surface area contributed by atoms with Gasteiger partial charge >= 0.3 is 6.09 Å². The van der Waals surface area contributed by atoms with Gasteiger partial charge in [-0.15, -0.1) is 0 Å². The number of hydrogen-bond donors (Lipinski definition) is 1. The number of alkyl carbamates (subject to hydrolysis) is 1. The minimum Gasteiger partial charge on any atom is -0.444 e. The number of rotatable bonds is 3. The Balaban J connectivity index is 3.95. The van der Waals surface area contributed by atoms with Crippen LogP contribution in [0, 0.1) is 12.8 Å². The predicted molar refractivity (Wildman–Crippen MR) is 58.0 cm³/mol. The predicted octanol–water partition coefficient (Wildman–Crippen LogP) is 2.76. The van der Waals surface area contributed by atoms with Crippen molar-refractivity contribution >= 4 is 6.09 Å². The first-order valence-electron chi connectivity index (χ1n) is 5.09. The van der Waals surface area contributed by atoms with E-state index in [1.807, 2.05) is 20.8 Å². The van der Waals surface area contributed by atoms with Gasteiger partial charge in [0.05, 0.1) is 0 Å². The molecule has 0 aromatic rings. The number of carbonyl (C=O) groups excluding carboxylic acids is 1. The fourth-order valence-electron chi connectivity index (χ4n) is 0.886. The molecule has 83 valence electrons. The van der Waals surface area contributed by atoms with Gasteiger partial charge in [-0.3, -0.25) is 0 Å². The topological polar surface area (TPSA) is 38.3 Å². The summed E-state index contributed by atoms with van der Waals surface area (Å²) in [6.45, 7) is 13.5. The van der Waals surface area contributed by atoms with Crippen molar-refractivity contribution in [3.05, 3.63) is 6.92 Å². The maximum absolute atomic E-state index is 11.3. The largest absolute Gasteiger partial charge is 0.444 e. The molecule has 0 heterocycles. The minimum atomic E-state index is -0.445. The van der Waals surface area contributed by atoms with Crippen LogP contribution in [0.15, 0.2) is 0 Å². The molecule has 1 amide bonds. The Morgan fingerprint density at radius 1 is 1.50 bits per heavy atom. The SMILES string of the molecule is [CH2]C(NC(=O)OC(C)(C)C)C(C)CC. The van der Waals surface area contributed by atoms with Crippen LogP contribution in [0.5, 0.6) is 0 Å². The Hall–Kier alpha value is -0.730. The second-order valence-corrected chi connectivity index (χ2v) is 4.64. The highest BCUT2D eigenvalue weighted by molar-refractivity contribution is 5.68. The average Bonchev–Trinajstić information content (AvgIpc) is 1.99. The van der Waals surface area contributed by atoms with E-state index in [9.17, 15) is 4.79 Å². The molecule has 14 heavy (non-hydrogen) atoms. The fourth-order valence-corrected chi connectivity index (χ4v) is 0.886. The van der Waals surface area contributed by atoms with Crippen molar-refractivity contribution in [2.45, 2.75) is 52.7 Å². The van der Waals surface area contributed by atoms with Gasteiger partial charge in [0.2, 0.25) is 0 Å². The maximum Gasteiger partial charge on any atom is 0.407 e. The van der Waals surface area contributed by atoms with Crippen LogP contribution in [0.1, 0.15) is 41.0 Å². The molecule has 0 spiro atoms. The monoisotopic (exact) mass is 200 g/mol. The lowest BCUT2D eigenvalue weighted by molar-refractivity contribution is 0.0501. The number of nitrogens with one attached hydrogen (secondary N) is 1. The van der Waals surface area contributed by atoms with Crippen molar-refractivity contribution in [1.29, 1.82) is 0 Å². The second-order valence-electron chi connectivity index (χ2n) is 4.64. The van der Waals surface area contributed by atoms with E-state index in [0.29, 0.717) is 5.92 Å². The maximum atomic E-state index is 11.3. The van der Waals surface area contributed by atoms with Gasteiger partial charge in [0.1, 0.15) is 5.60 Å². The summed E-state index contributed by atoms with van der Waals surface area (Å²) in [6, 6.07) is -0.0881. The van der Waals surface area contributed by atoms with E-state index in [4.69, 9.17) is 4.74 Å². The van der Waals surface area contributed by atoms with Crippen LogP contribution in [0.3, 0.4) is 0 Å². The van der Waals surface area contributed by atoms with Gasteiger partial charge < -0.3 is 10.1 Å². The van der Waals surface area contributed by atoms with Crippen LogP contribution in [-0.4, -0.2) is 17.7 Å². The summed E-state index contributed by atoms with van der Waals surface area (Å²) < 4.78 is 5.11. The van der Waals surface area contributed by atoms with E-state index in [0.717, 1.165) is 6.42 Å². The molecule has 0 aromatic carbocycles. The van der Waals surface area contributed by atoms with Crippen LogP contribution in [0.2, 0.25) is 0 Å². The lowest BCUT2D eigenvalue weighted by Gasteiger charge is -2.24. The number of ether oxygens (including phenoxy) is 1. The van der Waals surface area contributed by atoms with E-state index >= 15 is 0 Å². The zero-order valence-electron chi connectivity index (χ0n) is 9.89. The molecular formula is C11H22NO2. The lowest BCUT2D eigenvalue weighted by atomic mass is 10.0. The highest BCUT2D eigenvalue weighted by Gasteiger charge is 2.19. The Kier molecular flexibility index (Phi) is 4.95. The van der Waals surface area contributed by atoms with Gasteiger partial charge in [-0.05, 0) is 33.6 Å². The molecule has 0 aliphatic heterocycles. The minimum absolute atomic E-state index is 0.0881. The van der Waals surface area contributed by atoms with E-state index in [-0.39, 0.29) is 6.04 Å². The van der Waals surface area contributed by atoms with Gasteiger partial charge in [0, 0.05) is 6.04 Å². The molecule has 0 aliphatic rings. The van der Waals surface area contributed by atoms with Crippen LogP contribution in [0.25, 0.3) is 0 Å². The first-order valence-corrected chi connectivity index (χ1v) is 5.09. The van der Waals surface area contributed by atoms with Gasteiger partial charge in [0.25, 0.3) is 0 Å². The first kappa shape index (κ1) is 13.3. The standard InChI is InChI=1S/C11H22NO2/c1-7-8(2)9(3)12-10(13)14-11(4,5)6/h8-9H,3,7H2,1-2,4-6H3,(H,12,13). The summed E-state index contributed by atoms with van der Waals surface area (Å²) in [6.07, 6.45) is 0.599. The molecule has 0 bridgehead atoms. The van der Waals surface area contributed by atoms with Gasteiger partial charge in [0.15, 0.2) is 0 Å². The third-order valence-electron chi connectivity index (χ3n) is 2.03. The molecule has 1 radical (unpaired) electrons. The second kappa shape index (κ2) is 5.23. The summed E-state index contributed by atoms with van der Waals surface area (Å²) in [4.78, 5) is 11.3. The number of hydrogen-bond acceptors (Lipinski definition) is 2. The molecular weight excluding hydrogens is 178 g/mol. The van der Waals surface area contributed by atoms with Crippen LogP contribution >= 0.6 is 0 Å². The molecule has 0 aromatic heterocycles. The molecule has 3 nitrogen and oxygen atoms in total. The Labute approximate surface area is 87.2 Å². The fraction of sp³-hybridized carbons (Fsp3) is 0.818. The molecule has 0 saturated heterocycles. The Bertz CT molecular complexity index is 184. The van der Waals surface area contributed by atoms with E-state index in [2.05, 4.69) is 26.1 Å². The van der Waals surface area contributed by atoms with Crippen molar-refractivity contribution in [3.63, 3.8) is 0 Å². The first-order chi connectivity index (χ1) is 6.26. The van der Waals surface area contributed by atoms with Crippen molar-refractivity contribution < 1.29 is 9.53 Å². The zero-order chi connectivity index (χ0) is 11.4. The summed E-state index contributed by atoms with van der Waals surface area (Å²) in [5.41, 5.74) is -0.445. The van der Waals surface area contributed by atoms with Gasteiger partial charge in [-0.25, -0.2) is 4.79 Å². The van der Waals surface area contributed by atoms with E-state index in [1.54, 1.807) is 0 Å². The highest BCUT2D eigenvalue weighted by Crippen LogP contribution is 2.09. The van der Waals surface area contributed by atoms with Crippen molar-refractivity contribution in [2.24, 2.45) is 5.92 Å². The summed E-state index contributed by atoms with van der Waals surface area (Å²) in [5, 5.41) is 2.71. The van der Waals surface area contributed by atoms with Crippen molar-refractivity contribution in [3.8, 4) is 0 Å². The van der Waals surface area contributed by atoms with Gasteiger partial charge in [-0.2, -0.15) is 0 Å². The molecule has 0 saturated carbocycles. The summed E-state index contributed by atoms with van der Waals surface area (Å²) >= 11 is 0. The third-order valence-corrected chi connectivity index (χ3v) is 2.03. The van der Waals surface area contributed by atoms with Gasteiger partial charge in [-0.1, -0.05) is 20.3 Å². The van der Waals surface area contributed by atoms with Crippen molar-refractivity contribution in [1.82, 2.24) is 5.32 Å². The molecule has 0 rings (SSSR count). The molecule has 0 fully saturated rings. The molecule has 3 heteroatoms. The third kappa shape index (κ3) is 5.84. The summed E-state index contributed by atoms with van der Waals surface area (Å²) in [5.74, 6) is 0.363. The van der Waals surface area contributed by atoms with Crippen LogP contribution < -0.4 is 5.32 Å². The lowest BCUT2D eigenvalue weighted by Crippen LogP contribution is -2.40. The molecule has 2 unspecified atom stereocenters. The number of carbonyl (C=O) groups is 1. The smallest absolute Gasteiger partial charge is 0.407 e. The average molecular weight is 200 g/mol. The highest BCUT2D eigenvalue weighted by atomic mass is 16.6. The summed E-state index contributed by atoms with van der Waals surface area (Å²) in [7, 11) is 0. The van der Waals surface area contributed by atoms with Crippen LogP contribution in [-0.2, 0) is 4.74 Å². The Morgan fingerprint density at radius 2 is 2.00 bits per heavy atom. The normalized spacial score (nSPS) is 15.9. The molecule has 2 atom stereocenters. The van der Waals surface area contributed by atoms with E-state index < -0.39 is 11.7 Å². The molecule has 0 aliphatic carbocycles. The zero-order valence-corrected chi connectivity index (χ0v) is 9.89.